The van der Waals surface area contributed by atoms with Gasteiger partial charge in [0.15, 0.2) is 0 Å². The van der Waals surface area contributed by atoms with Crippen LogP contribution in [0, 0.1) is 0 Å². The highest BCUT2D eigenvalue weighted by Crippen LogP contribution is 2.25. The lowest BCUT2D eigenvalue weighted by Gasteiger charge is -2.14. The van der Waals surface area contributed by atoms with Crippen molar-refractivity contribution in [3.63, 3.8) is 0 Å². The molecule has 0 saturated carbocycles. The Hall–Kier alpha value is -3.45. The lowest BCUT2D eigenvalue weighted by molar-refractivity contribution is 0.0566. The summed E-state index contributed by atoms with van der Waals surface area (Å²) < 4.78 is 5.47. The molecule has 2 aromatic carbocycles. The number of ether oxygens (including phenoxy) is 1. The zero-order chi connectivity index (χ0) is 21.3. The molecule has 3 amide bonds. The van der Waals surface area contributed by atoms with Crippen LogP contribution in [-0.2, 0) is 4.74 Å². The first-order chi connectivity index (χ1) is 14.4. The zero-order valence-corrected chi connectivity index (χ0v) is 16.9. The molecule has 0 atom stereocenters. The number of anilines is 1. The van der Waals surface area contributed by atoms with Gasteiger partial charge in [-0.3, -0.25) is 19.3 Å². The van der Waals surface area contributed by atoms with Gasteiger partial charge in [-0.2, -0.15) is 0 Å². The Morgan fingerprint density at radius 3 is 2.67 bits per heavy atom. The van der Waals surface area contributed by atoms with Crippen molar-refractivity contribution >= 4 is 34.3 Å². The molecule has 0 aliphatic carbocycles. The van der Waals surface area contributed by atoms with Gasteiger partial charge < -0.3 is 15.0 Å². The lowest BCUT2D eigenvalue weighted by atomic mass is 10.1. The fourth-order valence-electron chi connectivity index (χ4n) is 3.51. The molecule has 0 saturated heterocycles. The molecule has 0 fully saturated rings. The van der Waals surface area contributed by atoms with Crippen molar-refractivity contribution in [2.24, 2.45) is 0 Å². The molecule has 0 spiro atoms. The average Bonchev–Trinajstić information content (AvgIpc) is 3.28. The standard InChI is InChI=1S/C23H23N3O4/c1-14(2)30-11-3-10-26-22(28)18-6-4-16(13-19(18)23(26)29)21(27)25-17-5-7-20-15(12-17)8-9-24-20/h4-9,12-14,24H,3,10-11H2,1-2H3,(H,25,27). The van der Waals surface area contributed by atoms with E-state index in [1.54, 1.807) is 18.2 Å². The number of H-pyrrole nitrogens is 1. The van der Waals surface area contributed by atoms with Gasteiger partial charge in [-0.1, -0.05) is 0 Å². The summed E-state index contributed by atoms with van der Waals surface area (Å²) in [5.41, 5.74) is 2.55. The minimum atomic E-state index is -0.372. The van der Waals surface area contributed by atoms with Crippen molar-refractivity contribution in [3.8, 4) is 0 Å². The van der Waals surface area contributed by atoms with Crippen LogP contribution in [0.3, 0.4) is 0 Å². The van der Waals surface area contributed by atoms with Crippen molar-refractivity contribution in [1.82, 2.24) is 9.88 Å². The van der Waals surface area contributed by atoms with E-state index in [4.69, 9.17) is 4.74 Å². The molecular formula is C23H23N3O4. The van der Waals surface area contributed by atoms with Crippen molar-refractivity contribution in [1.29, 1.82) is 0 Å². The summed E-state index contributed by atoms with van der Waals surface area (Å²) in [5.74, 6) is -1.04. The number of carbonyl (C=O) groups is 3. The molecule has 0 radical (unpaired) electrons. The summed E-state index contributed by atoms with van der Waals surface area (Å²) in [4.78, 5) is 42.3. The van der Waals surface area contributed by atoms with Crippen molar-refractivity contribution in [2.75, 3.05) is 18.5 Å². The molecule has 3 aromatic rings. The van der Waals surface area contributed by atoms with Gasteiger partial charge in [0.2, 0.25) is 0 Å². The monoisotopic (exact) mass is 405 g/mol. The maximum atomic E-state index is 12.7. The predicted octanol–water partition coefficient (Wildman–Crippen LogP) is 3.83. The minimum absolute atomic E-state index is 0.103. The van der Waals surface area contributed by atoms with Gasteiger partial charge in [0, 0.05) is 41.5 Å². The minimum Gasteiger partial charge on any atom is -0.379 e. The molecule has 30 heavy (non-hydrogen) atoms. The molecule has 0 bridgehead atoms. The van der Waals surface area contributed by atoms with Gasteiger partial charge in [0.25, 0.3) is 17.7 Å². The van der Waals surface area contributed by atoms with Crippen LogP contribution in [0.2, 0.25) is 0 Å². The smallest absolute Gasteiger partial charge is 0.261 e. The number of aromatic amines is 1. The van der Waals surface area contributed by atoms with Crippen LogP contribution in [0.25, 0.3) is 10.9 Å². The number of rotatable bonds is 7. The summed E-state index contributed by atoms with van der Waals surface area (Å²) in [7, 11) is 0. The van der Waals surface area contributed by atoms with Gasteiger partial charge in [-0.25, -0.2) is 0 Å². The quantitative estimate of drug-likeness (QED) is 0.462. The molecule has 4 rings (SSSR count). The predicted molar refractivity (Wildman–Crippen MR) is 114 cm³/mol. The van der Waals surface area contributed by atoms with E-state index >= 15 is 0 Å². The molecule has 2 heterocycles. The van der Waals surface area contributed by atoms with Crippen molar-refractivity contribution in [3.05, 3.63) is 65.4 Å². The van der Waals surface area contributed by atoms with Gasteiger partial charge in [-0.05, 0) is 62.7 Å². The maximum absolute atomic E-state index is 12.7. The van der Waals surface area contributed by atoms with E-state index < -0.39 is 0 Å². The van der Waals surface area contributed by atoms with E-state index in [9.17, 15) is 14.4 Å². The highest BCUT2D eigenvalue weighted by Gasteiger charge is 2.35. The zero-order valence-electron chi connectivity index (χ0n) is 16.9. The normalized spacial score (nSPS) is 13.4. The van der Waals surface area contributed by atoms with E-state index in [-0.39, 0.29) is 35.9 Å². The number of hydrogen-bond acceptors (Lipinski definition) is 4. The summed E-state index contributed by atoms with van der Waals surface area (Å²) in [6.45, 7) is 4.64. The molecule has 1 aromatic heterocycles. The van der Waals surface area contributed by atoms with Crippen LogP contribution in [0.4, 0.5) is 5.69 Å². The molecule has 1 aliphatic rings. The first kappa shape index (κ1) is 19.8. The largest absolute Gasteiger partial charge is 0.379 e. The Bertz CT molecular complexity index is 1130. The van der Waals surface area contributed by atoms with E-state index in [2.05, 4.69) is 10.3 Å². The number of amides is 3. The van der Waals surface area contributed by atoms with E-state index in [1.165, 1.54) is 11.0 Å². The molecule has 7 heteroatoms. The fourth-order valence-corrected chi connectivity index (χ4v) is 3.51. The third-order valence-corrected chi connectivity index (χ3v) is 5.02. The highest BCUT2D eigenvalue weighted by atomic mass is 16.5. The summed E-state index contributed by atoms with van der Waals surface area (Å²) in [6, 6.07) is 12.1. The van der Waals surface area contributed by atoms with Crippen molar-refractivity contribution < 1.29 is 19.1 Å². The van der Waals surface area contributed by atoms with Crippen LogP contribution in [0.1, 0.15) is 51.3 Å². The second-order valence-corrected chi connectivity index (χ2v) is 7.53. The maximum Gasteiger partial charge on any atom is 0.261 e. The van der Waals surface area contributed by atoms with Crippen molar-refractivity contribution in [2.45, 2.75) is 26.4 Å². The average molecular weight is 405 g/mol. The Morgan fingerprint density at radius 2 is 1.87 bits per heavy atom. The molecule has 7 nitrogen and oxygen atoms in total. The van der Waals surface area contributed by atoms with Crippen LogP contribution in [0.15, 0.2) is 48.7 Å². The fraction of sp³-hybridized carbons (Fsp3) is 0.261. The first-order valence-electron chi connectivity index (χ1n) is 9.94. The number of nitrogens with zero attached hydrogens (tertiary/aromatic N) is 1. The number of nitrogens with one attached hydrogen (secondary N) is 2. The lowest BCUT2D eigenvalue weighted by Crippen LogP contribution is -2.31. The molecular weight excluding hydrogens is 382 g/mol. The Balaban J connectivity index is 1.47. The number of hydrogen-bond donors (Lipinski definition) is 2. The van der Waals surface area contributed by atoms with Crippen LogP contribution >= 0.6 is 0 Å². The second-order valence-electron chi connectivity index (χ2n) is 7.53. The number of aromatic nitrogens is 1. The summed E-state index contributed by atoms with van der Waals surface area (Å²) in [5, 5.41) is 3.83. The Morgan fingerprint density at radius 1 is 1.07 bits per heavy atom. The number of carbonyl (C=O) groups excluding carboxylic acids is 3. The molecule has 1 aliphatic heterocycles. The summed E-state index contributed by atoms with van der Waals surface area (Å²) >= 11 is 0. The first-order valence-corrected chi connectivity index (χ1v) is 9.94. The summed E-state index contributed by atoms with van der Waals surface area (Å²) in [6.07, 6.45) is 2.50. The van der Waals surface area contributed by atoms with E-state index in [0.717, 1.165) is 10.9 Å². The second kappa shape index (κ2) is 8.12. The molecule has 2 N–H and O–H groups in total. The van der Waals surface area contributed by atoms with E-state index in [0.29, 0.717) is 29.8 Å². The van der Waals surface area contributed by atoms with Crippen LogP contribution < -0.4 is 5.32 Å². The van der Waals surface area contributed by atoms with Gasteiger partial charge in [0.05, 0.1) is 17.2 Å². The number of fused-ring (bicyclic) bond motifs is 2. The number of imide groups is 1. The van der Waals surface area contributed by atoms with Crippen LogP contribution in [0.5, 0.6) is 0 Å². The van der Waals surface area contributed by atoms with Gasteiger partial charge in [-0.15, -0.1) is 0 Å². The Kier molecular flexibility index (Phi) is 5.37. The Labute approximate surface area is 174 Å². The third-order valence-electron chi connectivity index (χ3n) is 5.02. The highest BCUT2D eigenvalue weighted by molar-refractivity contribution is 6.22. The third kappa shape index (κ3) is 3.84. The topological polar surface area (TPSA) is 91.5 Å². The van der Waals surface area contributed by atoms with Gasteiger partial charge >= 0.3 is 0 Å². The van der Waals surface area contributed by atoms with Gasteiger partial charge in [0.1, 0.15) is 0 Å². The van der Waals surface area contributed by atoms with Crippen LogP contribution in [-0.4, -0.2) is 46.9 Å². The molecule has 154 valence electrons. The number of benzene rings is 2. The van der Waals surface area contributed by atoms with E-state index in [1.807, 2.05) is 38.2 Å². The molecule has 0 unspecified atom stereocenters. The SMILES string of the molecule is CC(C)OCCCN1C(=O)c2ccc(C(=O)Nc3ccc4[nH]ccc4c3)cc2C1=O.